The van der Waals surface area contributed by atoms with Gasteiger partial charge in [0.05, 0.1) is 0 Å². The number of rotatable bonds is 4. The Labute approximate surface area is 182 Å². The van der Waals surface area contributed by atoms with Crippen LogP contribution in [0.1, 0.15) is 41.4 Å². The zero-order valence-electron chi connectivity index (χ0n) is 16.9. The molecule has 1 spiro atoms. The molecule has 5 rings (SSSR count). The molecule has 11 heteroatoms. The van der Waals surface area contributed by atoms with Crippen LogP contribution >= 0.6 is 11.3 Å². The molecule has 1 atom stereocenters. The highest BCUT2D eigenvalue weighted by atomic mass is 32.2. The lowest BCUT2D eigenvalue weighted by atomic mass is 9.85. The number of carbonyl (C=O) groups excluding carboxylic acids is 1. The van der Waals surface area contributed by atoms with E-state index in [9.17, 15) is 17.6 Å². The molecule has 31 heavy (non-hydrogen) atoms. The van der Waals surface area contributed by atoms with Crippen LogP contribution in [0.3, 0.4) is 0 Å². The van der Waals surface area contributed by atoms with Gasteiger partial charge in [-0.25, -0.2) is 27.1 Å². The van der Waals surface area contributed by atoms with Crippen molar-refractivity contribution >= 4 is 38.1 Å². The van der Waals surface area contributed by atoms with E-state index >= 15 is 0 Å². The molecule has 2 aromatic heterocycles. The maximum Gasteiger partial charge on any atom is 0.245 e. The lowest BCUT2D eigenvalue weighted by molar-refractivity contribution is 0.0988. The number of nitrogens with zero attached hydrogens (tertiary/aromatic N) is 4. The summed E-state index contributed by atoms with van der Waals surface area (Å²) >= 11 is 1.42. The summed E-state index contributed by atoms with van der Waals surface area (Å²) in [5, 5.41) is 1.87. The van der Waals surface area contributed by atoms with E-state index in [1.54, 1.807) is 17.5 Å². The molecule has 0 amide bonds. The number of aromatic nitrogens is 2. The minimum atomic E-state index is -3.81. The molecule has 1 aliphatic heterocycles. The smallest absolute Gasteiger partial charge is 0.245 e. The van der Waals surface area contributed by atoms with Crippen molar-refractivity contribution in [2.75, 3.05) is 7.05 Å². The van der Waals surface area contributed by atoms with Gasteiger partial charge in [0.15, 0.2) is 10.7 Å². The van der Waals surface area contributed by atoms with Gasteiger partial charge in [-0.15, -0.1) is 11.3 Å². The largest absolute Gasteiger partial charge is 0.369 e. The molecule has 1 aromatic carbocycles. The van der Waals surface area contributed by atoms with E-state index in [1.807, 2.05) is 11.6 Å². The van der Waals surface area contributed by atoms with Crippen molar-refractivity contribution in [1.82, 2.24) is 13.7 Å². The summed E-state index contributed by atoms with van der Waals surface area (Å²) in [5.41, 5.74) is 5.52. The quantitative estimate of drug-likeness (QED) is 0.600. The van der Waals surface area contributed by atoms with Gasteiger partial charge >= 0.3 is 0 Å². The average Bonchev–Trinajstić information content (AvgIpc) is 3.28. The highest BCUT2D eigenvalue weighted by Crippen LogP contribution is 2.60. The molecule has 2 N–H and O–H groups in total. The molecule has 0 radical (unpaired) electrons. The SMILES string of the molecule is CN1C(N)=N[C@](C)(c2cc(CC(=O)c3cn4ccsc4n3)ccc2F)C2(CC2)S1(=O)=O. The number of hydrogen-bond acceptors (Lipinski definition) is 7. The second kappa shape index (κ2) is 6.36. The third kappa shape index (κ3) is 2.69. The van der Waals surface area contributed by atoms with Crippen LogP contribution in [-0.4, -0.2) is 45.6 Å². The van der Waals surface area contributed by atoms with Gasteiger partial charge in [-0.1, -0.05) is 6.07 Å². The summed E-state index contributed by atoms with van der Waals surface area (Å²) in [6.45, 7) is 1.60. The Morgan fingerprint density at radius 1 is 1.35 bits per heavy atom. The number of benzene rings is 1. The van der Waals surface area contributed by atoms with E-state index < -0.39 is 26.1 Å². The summed E-state index contributed by atoms with van der Waals surface area (Å²) in [6, 6.07) is 4.31. The molecule has 3 aromatic rings. The summed E-state index contributed by atoms with van der Waals surface area (Å²) < 4.78 is 42.7. The third-order valence-electron chi connectivity index (χ3n) is 6.41. The first-order chi connectivity index (χ1) is 14.6. The number of imidazole rings is 1. The number of halogens is 1. The van der Waals surface area contributed by atoms with E-state index in [0.29, 0.717) is 29.1 Å². The monoisotopic (exact) mass is 461 g/mol. The summed E-state index contributed by atoms with van der Waals surface area (Å²) in [6.07, 6.45) is 4.21. The summed E-state index contributed by atoms with van der Waals surface area (Å²) in [4.78, 5) is 22.2. The van der Waals surface area contributed by atoms with E-state index in [4.69, 9.17) is 5.73 Å². The minimum absolute atomic E-state index is 0.00699. The number of guanidine groups is 1. The van der Waals surface area contributed by atoms with Gasteiger partial charge in [0, 0.05) is 36.8 Å². The van der Waals surface area contributed by atoms with Gasteiger partial charge < -0.3 is 5.73 Å². The first kappa shape index (κ1) is 20.1. The number of fused-ring (bicyclic) bond motifs is 1. The number of aliphatic imine (C=N–C) groups is 1. The highest BCUT2D eigenvalue weighted by molar-refractivity contribution is 7.91. The summed E-state index contributed by atoms with van der Waals surface area (Å²) in [5.74, 6) is -0.971. The average molecular weight is 462 g/mol. The Kier molecular flexibility index (Phi) is 4.13. The maximum absolute atomic E-state index is 15.0. The van der Waals surface area contributed by atoms with Crippen molar-refractivity contribution in [3.63, 3.8) is 0 Å². The molecule has 1 aliphatic carbocycles. The van der Waals surface area contributed by atoms with Crippen LogP contribution in [-0.2, 0) is 22.0 Å². The fraction of sp³-hybridized carbons (Fsp3) is 0.350. The van der Waals surface area contributed by atoms with Crippen molar-refractivity contribution in [1.29, 1.82) is 0 Å². The predicted molar refractivity (Wildman–Crippen MR) is 115 cm³/mol. The molecule has 8 nitrogen and oxygen atoms in total. The number of thiazole rings is 1. The van der Waals surface area contributed by atoms with Gasteiger partial charge in [0.1, 0.15) is 21.8 Å². The first-order valence-electron chi connectivity index (χ1n) is 9.67. The van der Waals surface area contributed by atoms with Crippen molar-refractivity contribution in [2.45, 2.75) is 36.5 Å². The lowest BCUT2D eigenvalue weighted by Gasteiger charge is -2.42. The highest BCUT2D eigenvalue weighted by Gasteiger charge is 2.70. The van der Waals surface area contributed by atoms with E-state index in [2.05, 4.69) is 9.98 Å². The van der Waals surface area contributed by atoms with E-state index in [1.165, 1.54) is 36.6 Å². The van der Waals surface area contributed by atoms with Crippen LogP contribution in [0, 0.1) is 5.82 Å². The number of nitrogens with two attached hydrogens (primary N) is 1. The number of ketones is 1. The second-order valence-electron chi connectivity index (χ2n) is 8.14. The van der Waals surface area contributed by atoms with Crippen LogP contribution < -0.4 is 5.73 Å². The van der Waals surface area contributed by atoms with Crippen molar-refractivity contribution in [3.05, 3.63) is 58.6 Å². The summed E-state index contributed by atoms with van der Waals surface area (Å²) in [7, 11) is -2.45. The lowest BCUT2D eigenvalue weighted by Crippen LogP contribution is -2.58. The minimum Gasteiger partial charge on any atom is -0.369 e. The molecule has 1 saturated carbocycles. The van der Waals surface area contributed by atoms with Gasteiger partial charge in [-0.2, -0.15) is 0 Å². The molecule has 0 saturated heterocycles. The molecule has 2 aliphatic rings. The normalized spacial score (nSPS) is 23.8. The second-order valence-corrected chi connectivity index (χ2v) is 11.3. The van der Waals surface area contributed by atoms with Crippen LogP contribution in [0.4, 0.5) is 4.39 Å². The molecule has 162 valence electrons. The Hall–Kier alpha value is -2.79. The topological polar surface area (TPSA) is 110 Å². The van der Waals surface area contributed by atoms with Gasteiger partial charge in [-0.05, 0) is 37.5 Å². The maximum atomic E-state index is 15.0. The number of Topliss-reactive ketones (excluding diaryl/α,β-unsaturated/α-hetero) is 1. The van der Waals surface area contributed by atoms with Crippen LogP contribution in [0.15, 0.2) is 41.0 Å². The van der Waals surface area contributed by atoms with Crippen LogP contribution in [0.5, 0.6) is 0 Å². The van der Waals surface area contributed by atoms with Crippen molar-refractivity contribution in [3.8, 4) is 0 Å². The van der Waals surface area contributed by atoms with E-state index in [0.717, 1.165) is 4.31 Å². The number of sulfonamides is 1. The third-order valence-corrected chi connectivity index (χ3v) is 9.88. The Morgan fingerprint density at radius 2 is 2.10 bits per heavy atom. The molecular weight excluding hydrogens is 441 g/mol. The Balaban J connectivity index is 1.54. The molecular formula is C20H20FN5O3S2. The zero-order valence-corrected chi connectivity index (χ0v) is 18.5. The fourth-order valence-electron chi connectivity index (χ4n) is 4.39. The predicted octanol–water partition coefficient (Wildman–Crippen LogP) is 2.30. The zero-order chi connectivity index (χ0) is 22.2. The molecule has 1 fully saturated rings. The standard InChI is InChI=1S/C20H20FN5O3S2/c1-19(20(5-6-20)31(28,29)25(2)17(22)24-19)13-9-12(3-4-14(13)21)10-16(27)15-11-26-7-8-30-18(26)23-15/h3-4,7-9,11H,5-6,10H2,1-2H3,(H2,22,24)/t19-/m1/s1. The van der Waals surface area contributed by atoms with Crippen molar-refractivity contribution < 1.29 is 17.6 Å². The van der Waals surface area contributed by atoms with Crippen LogP contribution in [0.25, 0.3) is 4.96 Å². The number of carbonyl (C=O) groups is 1. The molecule has 0 unspecified atom stereocenters. The van der Waals surface area contributed by atoms with E-state index in [-0.39, 0.29) is 23.7 Å². The Morgan fingerprint density at radius 3 is 2.77 bits per heavy atom. The van der Waals surface area contributed by atoms with Gasteiger partial charge in [-0.3, -0.25) is 9.20 Å². The number of hydrogen-bond donors (Lipinski definition) is 1. The Bertz CT molecular complexity index is 1340. The molecule has 3 heterocycles. The van der Waals surface area contributed by atoms with Crippen molar-refractivity contribution in [2.24, 2.45) is 10.7 Å². The van der Waals surface area contributed by atoms with Gasteiger partial charge in [0.2, 0.25) is 16.0 Å². The first-order valence-corrected chi connectivity index (χ1v) is 12.0. The van der Waals surface area contributed by atoms with Crippen LogP contribution in [0.2, 0.25) is 0 Å². The molecule has 0 bridgehead atoms. The van der Waals surface area contributed by atoms with Gasteiger partial charge in [0.25, 0.3) is 0 Å². The fourth-order valence-corrected chi connectivity index (χ4v) is 7.18.